The molecule has 1 unspecified atom stereocenters. The summed E-state index contributed by atoms with van der Waals surface area (Å²) in [4.78, 5) is 2.23. The predicted octanol–water partition coefficient (Wildman–Crippen LogP) is 1.85. The highest BCUT2D eigenvalue weighted by molar-refractivity contribution is 5.43. The highest BCUT2D eigenvalue weighted by Gasteiger charge is 2.28. The predicted molar refractivity (Wildman–Crippen MR) is 81.0 cm³/mol. The first-order chi connectivity index (χ1) is 9.95. The zero-order valence-electron chi connectivity index (χ0n) is 13.3. The number of methoxy groups -OCH3 is 2. The Morgan fingerprint density at radius 2 is 2.00 bits per heavy atom. The summed E-state index contributed by atoms with van der Waals surface area (Å²) in [6.45, 7) is 7.09. The van der Waals surface area contributed by atoms with Crippen molar-refractivity contribution in [3.05, 3.63) is 23.8 Å². The van der Waals surface area contributed by atoms with Crippen LogP contribution in [-0.2, 0) is 4.74 Å². The van der Waals surface area contributed by atoms with Crippen LogP contribution in [0.4, 0.5) is 0 Å². The SMILES string of the molecule is COc1ccc(C(O)CN2CCOC(C)(C)C2)cc1OC. The van der Waals surface area contributed by atoms with E-state index in [2.05, 4.69) is 18.7 Å². The van der Waals surface area contributed by atoms with E-state index in [-0.39, 0.29) is 5.60 Å². The molecular formula is C16H25NO4. The van der Waals surface area contributed by atoms with Crippen molar-refractivity contribution < 1.29 is 19.3 Å². The molecule has 2 rings (SSSR count). The first kappa shape index (κ1) is 16.1. The maximum atomic E-state index is 10.4. The molecule has 1 aliphatic rings. The smallest absolute Gasteiger partial charge is 0.161 e. The molecule has 1 N–H and O–H groups in total. The minimum absolute atomic E-state index is 0.157. The van der Waals surface area contributed by atoms with Gasteiger partial charge in [0.05, 0.1) is 32.5 Å². The van der Waals surface area contributed by atoms with Gasteiger partial charge in [-0.05, 0) is 31.5 Å². The van der Waals surface area contributed by atoms with Gasteiger partial charge in [-0.15, -0.1) is 0 Å². The zero-order valence-corrected chi connectivity index (χ0v) is 13.3. The van der Waals surface area contributed by atoms with Crippen LogP contribution in [0.25, 0.3) is 0 Å². The van der Waals surface area contributed by atoms with Crippen LogP contribution in [0, 0.1) is 0 Å². The third-order valence-electron chi connectivity index (χ3n) is 3.73. The average Bonchev–Trinajstić information content (AvgIpc) is 2.45. The molecule has 5 heteroatoms. The minimum Gasteiger partial charge on any atom is -0.493 e. The molecule has 1 aromatic rings. The van der Waals surface area contributed by atoms with E-state index < -0.39 is 6.10 Å². The molecule has 0 saturated carbocycles. The number of morpholine rings is 1. The molecule has 21 heavy (non-hydrogen) atoms. The molecular weight excluding hydrogens is 270 g/mol. The third kappa shape index (κ3) is 4.09. The van der Waals surface area contributed by atoms with E-state index in [1.54, 1.807) is 14.2 Å². The monoisotopic (exact) mass is 295 g/mol. The van der Waals surface area contributed by atoms with Gasteiger partial charge in [0.25, 0.3) is 0 Å². The summed E-state index contributed by atoms with van der Waals surface area (Å²) in [5.74, 6) is 1.30. The molecule has 0 spiro atoms. The summed E-state index contributed by atoms with van der Waals surface area (Å²) in [5.41, 5.74) is 0.673. The third-order valence-corrected chi connectivity index (χ3v) is 3.73. The van der Waals surface area contributed by atoms with Crippen LogP contribution in [-0.4, -0.2) is 56.1 Å². The molecule has 1 fully saturated rings. The van der Waals surface area contributed by atoms with E-state index in [9.17, 15) is 5.11 Å². The topological polar surface area (TPSA) is 51.2 Å². The Morgan fingerprint density at radius 1 is 1.29 bits per heavy atom. The van der Waals surface area contributed by atoms with Gasteiger partial charge in [0, 0.05) is 19.6 Å². The van der Waals surface area contributed by atoms with Gasteiger partial charge in [-0.1, -0.05) is 6.07 Å². The van der Waals surface area contributed by atoms with Gasteiger partial charge in [-0.3, -0.25) is 4.90 Å². The Kier molecular flexibility index (Phi) is 5.08. The lowest BCUT2D eigenvalue weighted by molar-refractivity contribution is -0.0932. The molecule has 118 valence electrons. The van der Waals surface area contributed by atoms with Gasteiger partial charge in [0.15, 0.2) is 11.5 Å². The van der Waals surface area contributed by atoms with E-state index in [0.29, 0.717) is 24.7 Å². The molecule has 0 bridgehead atoms. The lowest BCUT2D eigenvalue weighted by Crippen LogP contribution is -2.49. The Bertz CT molecular complexity index is 475. The summed E-state index contributed by atoms with van der Waals surface area (Å²) in [7, 11) is 3.20. The van der Waals surface area contributed by atoms with Crippen molar-refractivity contribution in [2.45, 2.75) is 25.6 Å². The molecule has 0 aliphatic carbocycles. The maximum absolute atomic E-state index is 10.4. The fraction of sp³-hybridized carbons (Fsp3) is 0.625. The van der Waals surface area contributed by atoms with E-state index in [1.807, 2.05) is 18.2 Å². The van der Waals surface area contributed by atoms with Crippen LogP contribution in [0.2, 0.25) is 0 Å². The number of nitrogens with zero attached hydrogens (tertiary/aromatic N) is 1. The van der Waals surface area contributed by atoms with Gasteiger partial charge in [-0.2, -0.15) is 0 Å². The van der Waals surface area contributed by atoms with Crippen molar-refractivity contribution in [1.29, 1.82) is 0 Å². The van der Waals surface area contributed by atoms with Crippen LogP contribution < -0.4 is 9.47 Å². The van der Waals surface area contributed by atoms with E-state index in [4.69, 9.17) is 14.2 Å². The summed E-state index contributed by atoms with van der Waals surface area (Å²) < 4.78 is 16.2. The lowest BCUT2D eigenvalue weighted by Gasteiger charge is -2.39. The van der Waals surface area contributed by atoms with E-state index in [1.165, 1.54) is 0 Å². The second-order valence-electron chi connectivity index (χ2n) is 5.97. The maximum Gasteiger partial charge on any atom is 0.161 e. The summed E-state index contributed by atoms with van der Waals surface area (Å²) in [6, 6.07) is 5.52. The summed E-state index contributed by atoms with van der Waals surface area (Å²) in [5, 5.41) is 10.4. The fourth-order valence-corrected chi connectivity index (χ4v) is 2.68. The second kappa shape index (κ2) is 6.64. The molecule has 1 aliphatic heterocycles. The fourth-order valence-electron chi connectivity index (χ4n) is 2.68. The van der Waals surface area contributed by atoms with Crippen LogP contribution in [0.5, 0.6) is 11.5 Å². The Morgan fingerprint density at radius 3 is 2.62 bits per heavy atom. The number of benzene rings is 1. The number of hydrogen-bond acceptors (Lipinski definition) is 5. The molecule has 1 atom stereocenters. The average molecular weight is 295 g/mol. The van der Waals surface area contributed by atoms with Crippen molar-refractivity contribution in [3.8, 4) is 11.5 Å². The molecule has 0 radical (unpaired) electrons. The molecule has 1 heterocycles. The normalized spacial score (nSPS) is 20.0. The van der Waals surface area contributed by atoms with Crippen LogP contribution in [0.15, 0.2) is 18.2 Å². The summed E-state index contributed by atoms with van der Waals surface area (Å²) >= 11 is 0. The van der Waals surface area contributed by atoms with Crippen LogP contribution in [0.3, 0.4) is 0 Å². The molecule has 1 saturated heterocycles. The van der Waals surface area contributed by atoms with Crippen molar-refractivity contribution >= 4 is 0 Å². The Balaban J connectivity index is 2.04. The van der Waals surface area contributed by atoms with Gasteiger partial charge in [-0.25, -0.2) is 0 Å². The van der Waals surface area contributed by atoms with Gasteiger partial charge in [0.2, 0.25) is 0 Å². The molecule has 1 aromatic carbocycles. The molecule has 5 nitrogen and oxygen atoms in total. The van der Waals surface area contributed by atoms with E-state index in [0.717, 1.165) is 18.7 Å². The largest absolute Gasteiger partial charge is 0.493 e. The van der Waals surface area contributed by atoms with Gasteiger partial charge < -0.3 is 19.3 Å². The second-order valence-corrected chi connectivity index (χ2v) is 5.97. The van der Waals surface area contributed by atoms with E-state index >= 15 is 0 Å². The van der Waals surface area contributed by atoms with Crippen molar-refractivity contribution in [2.24, 2.45) is 0 Å². The van der Waals surface area contributed by atoms with Crippen molar-refractivity contribution in [2.75, 3.05) is 40.5 Å². The van der Waals surface area contributed by atoms with Gasteiger partial charge >= 0.3 is 0 Å². The van der Waals surface area contributed by atoms with Crippen molar-refractivity contribution in [1.82, 2.24) is 4.90 Å². The van der Waals surface area contributed by atoms with Crippen LogP contribution in [0.1, 0.15) is 25.5 Å². The highest BCUT2D eigenvalue weighted by Crippen LogP contribution is 2.30. The number of β-amino-alcohol motifs (C(OH)–C–C–N with tert-alkyl or cyclic N) is 1. The zero-order chi connectivity index (χ0) is 15.5. The standard InChI is InChI=1S/C16H25NO4/c1-16(2)11-17(7-8-21-16)10-13(18)12-5-6-14(19-3)15(9-12)20-4/h5-6,9,13,18H,7-8,10-11H2,1-4H3. The number of aliphatic hydroxyl groups excluding tert-OH is 1. The highest BCUT2D eigenvalue weighted by atomic mass is 16.5. The molecule has 0 amide bonds. The van der Waals surface area contributed by atoms with Gasteiger partial charge in [0.1, 0.15) is 0 Å². The number of hydrogen-bond donors (Lipinski definition) is 1. The Labute approximate surface area is 126 Å². The number of rotatable bonds is 5. The number of aliphatic hydroxyl groups is 1. The quantitative estimate of drug-likeness (QED) is 0.898. The first-order valence-corrected chi connectivity index (χ1v) is 7.21. The number of ether oxygens (including phenoxy) is 3. The van der Waals surface area contributed by atoms with Crippen LogP contribution >= 0.6 is 0 Å². The summed E-state index contributed by atoms with van der Waals surface area (Å²) in [6.07, 6.45) is -0.557. The lowest BCUT2D eigenvalue weighted by atomic mass is 10.0. The first-order valence-electron chi connectivity index (χ1n) is 7.21. The minimum atomic E-state index is -0.557. The van der Waals surface area contributed by atoms with Crippen molar-refractivity contribution in [3.63, 3.8) is 0 Å². The Hall–Kier alpha value is -1.30. The molecule has 0 aromatic heterocycles.